The molecule has 2 aromatic heterocycles. The van der Waals surface area contributed by atoms with Crippen LogP contribution in [0.4, 0.5) is 17.3 Å². The normalized spacial score (nSPS) is 14.5. The molecular formula is C25H27ClN6O2. The molecule has 0 atom stereocenters. The molecule has 9 heteroatoms. The number of ether oxygens (including phenoxy) is 1. The Kier molecular flexibility index (Phi) is 6.53. The van der Waals surface area contributed by atoms with E-state index in [1.54, 1.807) is 13.3 Å². The van der Waals surface area contributed by atoms with Crippen LogP contribution in [0, 0.1) is 0 Å². The molecule has 0 bridgehead atoms. The second-order valence-corrected chi connectivity index (χ2v) is 8.64. The van der Waals surface area contributed by atoms with Crippen LogP contribution in [0.25, 0.3) is 22.2 Å². The number of anilines is 3. The van der Waals surface area contributed by atoms with Gasteiger partial charge in [-0.1, -0.05) is 29.8 Å². The first kappa shape index (κ1) is 22.5. The zero-order valence-electron chi connectivity index (χ0n) is 19.0. The minimum atomic E-state index is 0.189. The number of hydrogen-bond donors (Lipinski definition) is 3. The van der Waals surface area contributed by atoms with Crippen molar-refractivity contribution in [1.29, 1.82) is 0 Å². The van der Waals surface area contributed by atoms with Crippen molar-refractivity contribution in [2.75, 3.05) is 56.7 Å². The highest BCUT2D eigenvalue weighted by atomic mass is 35.5. The van der Waals surface area contributed by atoms with E-state index >= 15 is 0 Å². The van der Waals surface area contributed by atoms with Crippen molar-refractivity contribution in [1.82, 2.24) is 19.9 Å². The number of aliphatic hydroxyl groups is 1. The summed E-state index contributed by atoms with van der Waals surface area (Å²) in [7, 11) is 1.66. The largest absolute Gasteiger partial charge is 0.497 e. The van der Waals surface area contributed by atoms with Crippen LogP contribution in [0.5, 0.6) is 5.75 Å². The molecule has 8 nitrogen and oxygen atoms in total. The van der Waals surface area contributed by atoms with Crippen molar-refractivity contribution in [3.63, 3.8) is 0 Å². The summed E-state index contributed by atoms with van der Waals surface area (Å²) in [4.78, 5) is 17.0. The molecule has 0 amide bonds. The monoisotopic (exact) mass is 478 g/mol. The maximum Gasteiger partial charge on any atom is 0.227 e. The van der Waals surface area contributed by atoms with E-state index in [9.17, 15) is 5.11 Å². The van der Waals surface area contributed by atoms with E-state index in [1.807, 2.05) is 42.6 Å². The van der Waals surface area contributed by atoms with Gasteiger partial charge in [0.15, 0.2) is 0 Å². The molecule has 1 aliphatic heterocycles. The lowest BCUT2D eigenvalue weighted by Crippen LogP contribution is -2.47. The molecule has 1 saturated heterocycles. The zero-order valence-corrected chi connectivity index (χ0v) is 19.7. The van der Waals surface area contributed by atoms with Gasteiger partial charge >= 0.3 is 0 Å². The molecule has 0 aliphatic carbocycles. The van der Waals surface area contributed by atoms with Crippen molar-refractivity contribution >= 4 is 39.8 Å². The van der Waals surface area contributed by atoms with Crippen molar-refractivity contribution in [2.24, 2.45) is 0 Å². The summed E-state index contributed by atoms with van der Waals surface area (Å²) in [6, 6.07) is 14.1. The van der Waals surface area contributed by atoms with Crippen molar-refractivity contribution < 1.29 is 9.84 Å². The van der Waals surface area contributed by atoms with Gasteiger partial charge in [-0.05, 0) is 12.1 Å². The number of aliphatic hydroxyl groups excluding tert-OH is 1. The Balaban J connectivity index is 1.41. The number of aromatic amines is 1. The lowest BCUT2D eigenvalue weighted by atomic mass is 10.1. The number of piperazine rings is 1. The molecule has 0 saturated carbocycles. The van der Waals surface area contributed by atoms with Gasteiger partial charge in [0.1, 0.15) is 5.75 Å². The number of hydrogen-bond acceptors (Lipinski definition) is 7. The third-order valence-electron chi connectivity index (χ3n) is 6.13. The summed E-state index contributed by atoms with van der Waals surface area (Å²) >= 11 is 6.49. The molecule has 34 heavy (non-hydrogen) atoms. The van der Waals surface area contributed by atoms with E-state index in [0.29, 0.717) is 23.2 Å². The van der Waals surface area contributed by atoms with Crippen LogP contribution < -0.4 is 15.0 Å². The summed E-state index contributed by atoms with van der Waals surface area (Å²) in [6.07, 6.45) is 3.54. The smallest absolute Gasteiger partial charge is 0.227 e. The van der Waals surface area contributed by atoms with Gasteiger partial charge in [0, 0.05) is 78.9 Å². The Labute approximate surface area is 203 Å². The lowest BCUT2D eigenvalue weighted by molar-refractivity contribution is 0.189. The molecule has 3 N–H and O–H groups in total. The van der Waals surface area contributed by atoms with Crippen LogP contribution in [0.3, 0.4) is 0 Å². The Hall–Kier alpha value is -3.33. The molecule has 0 radical (unpaired) electrons. The number of benzene rings is 2. The SMILES string of the molecule is COc1cc(Nc2ncc(Cl)c(-c3c[nH]c4ccccc34)n2)cc(N2CCN(CCO)CC2)c1. The summed E-state index contributed by atoms with van der Waals surface area (Å²) in [5.41, 5.74) is 4.52. The maximum atomic E-state index is 9.19. The molecule has 5 rings (SSSR count). The highest BCUT2D eigenvalue weighted by molar-refractivity contribution is 6.33. The first-order valence-electron chi connectivity index (χ1n) is 11.3. The third-order valence-corrected chi connectivity index (χ3v) is 6.40. The molecule has 0 unspecified atom stereocenters. The van der Waals surface area contributed by atoms with Gasteiger partial charge < -0.3 is 25.0 Å². The number of fused-ring (bicyclic) bond motifs is 1. The summed E-state index contributed by atoms with van der Waals surface area (Å²) in [6.45, 7) is 4.49. The van der Waals surface area contributed by atoms with Crippen LogP contribution in [0.1, 0.15) is 0 Å². The predicted molar refractivity (Wildman–Crippen MR) is 136 cm³/mol. The number of nitrogens with one attached hydrogen (secondary N) is 2. The molecule has 2 aromatic carbocycles. The number of aromatic nitrogens is 3. The number of methoxy groups -OCH3 is 1. The Bertz CT molecular complexity index is 1290. The number of rotatable bonds is 7. The first-order valence-corrected chi connectivity index (χ1v) is 11.7. The van der Waals surface area contributed by atoms with Gasteiger partial charge in [-0.15, -0.1) is 0 Å². The fraction of sp³-hybridized carbons (Fsp3) is 0.280. The average Bonchev–Trinajstić information content (AvgIpc) is 3.30. The van der Waals surface area contributed by atoms with Crippen LogP contribution in [-0.4, -0.2) is 71.4 Å². The zero-order chi connectivity index (χ0) is 23.5. The predicted octanol–water partition coefficient (Wildman–Crippen LogP) is 4.14. The fourth-order valence-electron chi connectivity index (χ4n) is 4.34. The highest BCUT2D eigenvalue weighted by Crippen LogP contribution is 2.34. The van der Waals surface area contributed by atoms with E-state index in [4.69, 9.17) is 21.3 Å². The molecule has 1 aliphatic rings. The van der Waals surface area contributed by atoms with Crippen molar-refractivity contribution in [3.8, 4) is 17.0 Å². The molecule has 1 fully saturated rings. The number of H-pyrrole nitrogens is 1. The van der Waals surface area contributed by atoms with E-state index in [0.717, 1.165) is 59.8 Å². The molecule has 0 spiro atoms. The number of halogens is 1. The van der Waals surface area contributed by atoms with Gasteiger partial charge in [-0.2, -0.15) is 0 Å². The van der Waals surface area contributed by atoms with Crippen LogP contribution in [-0.2, 0) is 0 Å². The molecule has 176 valence electrons. The minimum Gasteiger partial charge on any atom is -0.497 e. The van der Waals surface area contributed by atoms with Gasteiger partial charge in [0.2, 0.25) is 5.95 Å². The standard InChI is InChI=1S/C25H27ClN6O2/c1-34-19-13-17(12-18(14-19)32-8-6-31(7-9-32)10-11-33)29-25-28-16-22(26)24(30-25)21-15-27-23-5-3-2-4-20(21)23/h2-5,12-16,27,33H,6-11H2,1H3,(H,28,29,30). The van der Waals surface area contributed by atoms with Crippen LogP contribution in [0.2, 0.25) is 5.02 Å². The van der Waals surface area contributed by atoms with Gasteiger partial charge in [-0.25, -0.2) is 9.97 Å². The van der Waals surface area contributed by atoms with E-state index in [1.165, 1.54) is 0 Å². The third kappa shape index (κ3) is 4.65. The van der Waals surface area contributed by atoms with Crippen molar-refractivity contribution in [3.05, 3.63) is 59.9 Å². The number of β-amino-alcohol motifs (C(OH)–C–C–N with tert-alkyl or cyclic N) is 1. The van der Waals surface area contributed by atoms with Gasteiger partial charge in [-0.3, -0.25) is 4.90 Å². The fourth-order valence-corrected chi connectivity index (χ4v) is 4.53. The average molecular weight is 479 g/mol. The summed E-state index contributed by atoms with van der Waals surface area (Å²) in [5.74, 6) is 1.21. The second-order valence-electron chi connectivity index (χ2n) is 8.24. The Morgan fingerprint density at radius 2 is 1.97 bits per heavy atom. The van der Waals surface area contributed by atoms with Gasteiger partial charge in [0.25, 0.3) is 0 Å². The van der Waals surface area contributed by atoms with Gasteiger partial charge in [0.05, 0.1) is 30.6 Å². The van der Waals surface area contributed by atoms with E-state index in [-0.39, 0.29) is 6.61 Å². The molecule has 3 heterocycles. The Morgan fingerprint density at radius 1 is 1.15 bits per heavy atom. The Morgan fingerprint density at radius 3 is 2.76 bits per heavy atom. The quantitative estimate of drug-likeness (QED) is 0.367. The maximum absolute atomic E-state index is 9.19. The topological polar surface area (TPSA) is 89.5 Å². The molecule has 4 aromatic rings. The summed E-state index contributed by atoms with van der Waals surface area (Å²) < 4.78 is 5.56. The first-order chi connectivity index (χ1) is 16.6. The van der Waals surface area contributed by atoms with Crippen LogP contribution >= 0.6 is 11.6 Å². The van der Waals surface area contributed by atoms with E-state index in [2.05, 4.69) is 31.2 Å². The minimum absolute atomic E-state index is 0.189. The highest BCUT2D eigenvalue weighted by Gasteiger charge is 2.18. The number of para-hydroxylation sites is 1. The van der Waals surface area contributed by atoms with Crippen molar-refractivity contribution in [2.45, 2.75) is 0 Å². The lowest BCUT2D eigenvalue weighted by Gasteiger charge is -2.36. The van der Waals surface area contributed by atoms with Crippen LogP contribution in [0.15, 0.2) is 54.9 Å². The van der Waals surface area contributed by atoms with E-state index < -0.39 is 0 Å². The molecular weight excluding hydrogens is 452 g/mol. The summed E-state index contributed by atoms with van der Waals surface area (Å²) in [5, 5.41) is 14.1. The second kappa shape index (κ2) is 9.89. The number of nitrogens with zero attached hydrogens (tertiary/aromatic N) is 4.